The molecular formula is C15H17Br2N3O. The molecule has 0 atom stereocenters. The van der Waals surface area contributed by atoms with Crippen molar-refractivity contribution < 1.29 is 4.74 Å². The summed E-state index contributed by atoms with van der Waals surface area (Å²) in [6.07, 6.45) is 5.60. The molecule has 0 saturated heterocycles. The lowest BCUT2D eigenvalue weighted by Crippen LogP contribution is -2.13. The number of pyridine rings is 1. The summed E-state index contributed by atoms with van der Waals surface area (Å²) >= 11 is 7.16. The van der Waals surface area contributed by atoms with Crippen LogP contribution in [0.1, 0.15) is 30.5 Å². The summed E-state index contributed by atoms with van der Waals surface area (Å²) in [6, 6.07) is 1.97. The van der Waals surface area contributed by atoms with Gasteiger partial charge in [0.1, 0.15) is 5.75 Å². The summed E-state index contributed by atoms with van der Waals surface area (Å²) in [5.41, 5.74) is 7.10. The second-order valence-electron chi connectivity index (χ2n) is 5.21. The predicted octanol–water partition coefficient (Wildman–Crippen LogP) is 4.32. The number of hydrogen-bond acceptors (Lipinski definition) is 4. The zero-order chi connectivity index (χ0) is 15.0. The number of aromatic nitrogens is 1. The van der Waals surface area contributed by atoms with Gasteiger partial charge in [-0.1, -0.05) is 6.42 Å². The highest BCUT2D eigenvalue weighted by Crippen LogP contribution is 2.43. The van der Waals surface area contributed by atoms with Gasteiger partial charge in [0.15, 0.2) is 0 Å². The first kappa shape index (κ1) is 15.1. The van der Waals surface area contributed by atoms with E-state index in [-0.39, 0.29) is 0 Å². The van der Waals surface area contributed by atoms with Crippen LogP contribution in [0.15, 0.2) is 15.0 Å². The van der Waals surface area contributed by atoms with Gasteiger partial charge in [-0.25, -0.2) is 0 Å². The SMILES string of the molecule is COc1c(Br)cc(Br)c2nc3c(c(NN)c12)CCCCC3. The van der Waals surface area contributed by atoms with E-state index in [1.807, 2.05) is 6.07 Å². The van der Waals surface area contributed by atoms with Gasteiger partial charge >= 0.3 is 0 Å². The van der Waals surface area contributed by atoms with Gasteiger partial charge in [0.25, 0.3) is 0 Å². The number of anilines is 1. The van der Waals surface area contributed by atoms with Crippen LogP contribution < -0.4 is 16.0 Å². The van der Waals surface area contributed by atoms with Crippen molar-refractivity contribution in [3.63, 3.8) is 0 Å². The topological polar surface area (TPSA) is 60.2 Å². The molecule has 2 aromatic rings. The molecule has 1 heterocycles. The molecule has 0 radical (unpaired) electrons. The number of ether oxygens (including phenoxy) is 1. The molecule has 1 aliphatic carbocycles. The number of fused-ring (bicyclic) bond motifs is 2. The minimum atomic E-state index is 0.765. The molecule has 0 unspecified atom stereocenters. The molecule has 0 bridgehead atoms. The van der Waals surface area contributed by atoms with Crippen molar-refractivity contribution in [2.24, 2.45) is 5.84 Å². The van der Waals surface area contributed by atoms with Crippen molar-refractivity contribution in [2.45, 2.75) is 32.1 Å². The molecule has 112 valence electrons. The van der Waals surface area contributed by atoms with Crippen LogP contribution >= 0.6 is 31.9 Å². The highest BCUT2D eigenvalue weighted by Gasteiger charge is 2.22. The van der Waals surface area contributed by atoms with Crippen molar-refractivity contribution in [1.82, 2.24) is 4.98 Å². The van der Waals surface area contributed by atoms with Gasteiger partial charge in [-0.2, -0.15) is 0 Å². The van der Waals surface area contributed by atoms with E-state index in [0.717, 1.165) is 49.8 Å². The Morgan fingerprint density at radius 2 is 1.95 bits per heavy atom. The number of nitrogens with two attached hydrogens (primary N) is 1. The zero-order valence-electron chi connectivity index (χ0n) is 11.8. The zero-order valence-corrected chi connectivity index (χ0v) is 15.0. The maximum Gasteiger partial charge on any atom is 0.144 e. The van der Waals surface area contributed by atoms with Gasteiger partial charge in [0.05, 0.1) is 28.2 Å². The van der Waals surface area contributed by atoms with Gasteiger partial charge in [-0.15, -0.1) is 0 Å². The van der Waals surface area contributed by atoms with Crippen LogP contribution in [0.5, 0.6) is 5.75 Å². The Bertz CT molecular complexity index is 703. The molecule has 0 fully saturated rings. The number of nitrogens with one attached hydrogen (secondary N) is 1. The third-order valence-electron chi connectivity index (χ3n) is 4.00. The van der Waals surface area contributed by atoms with Gasteiger partial charge in [0.2, 0.25) is 0 Å². The van der Waals surface area contributed by atoms with Gasteiger partial charge < -0.3 is 10.2 Å². The monoisotopic (exact) mass is 413 g/mol. The Morgan fingerprint density at radius 1 is 1.19 bits per heavy atom. The van der Waals surface area contributed by atoms with Gasteiger partial charge in [-0.05, 0) is 69.2 Å². The van der Waals surface area contributed by atoms with Crippen LogP contribution in [0.25, 0.3) is 10.9 Å². The molecule has 3 rings (SSSR count). The first-order chi connectivity index (χ1) is 10.2. The average Bonchev–Trinajstić information content (AvgIpc) is 2.71. The standard InChI is InChI=1S/C15H17Br2N3O/c1-21-15-10(17)7-9(16)14-12(15)13(20-18)8-5-3-2-4-6-11(8)19-14/h7H,2-6,18H2,1H3,(H,19,20). The largest absolute Gasteiger partial charge is 0.495 e. The summed E-state index contributed by atoms with van der Waals surface area (Å²) < 4.78 is 7.40. The fraction of sp³-hybridized carbons (Fsp3) is 0.400. The Labute approximate surface area is 140 Å². The molecule has 21 heavy (non-hydrogen) atoms. The molecule has 0 aliphatic heterocycles. The maximum atomic E-state index is 5.85. The molecule has 1 aliphatic rings. The number of hydrogen-bond donors (Lipinski definition) is 2. The quantitative estimate of drug-likeness (QED) is 0.436. The molecule has 3 N–H and O–H groups in total. The first-order valence-corrected chi connectivity index (χ1v) is 8.60. The molecule has 4 nitrogen and oxygen atoms in total. The third-order valence-corrected chi connectivity index (χ3v) is 5.19. The van der Waals surface area contributed by atoms with E-state index in [1.165, 1.54) is 24.8 Å². The Kier molecular flexibility index (Phi) is 4.38. The number of methoxy groups -OCH3 is 1. The molecule has 0 saturated carbocycles. The van der Waals surface area contributed by atoms with Gasteiger partial charge in [-0.3, -0.25) is 10.8 Å². The fourth-order valence-corrected chi connectivity index (χ4v) is 4.45. The van der Waals surface area contributed by atoms with Crippen LogP contribution in [0.2, 0.25) is 0 Å². The second-order valence-corrected chi connectivity index (χ2v) is 6.92. The highest BCUT2D eigenvalue weighted by atomic mass is 79.9. The van der Waals surface area contributed by atoms with E-state index in [9.17, 15) is 0 Å². The van der Waals surface area contributed by atoms with E-state index >= 15 is 0 Å². The summed E-state index contributed by atoms with van der Waals surface area (Å²) in [5, 5.41) is 0.932. The molecule has 1 aromatic heterocycles. The molecular weight excluding hydrogens is 398 g/mol. The maximum absolute atomic E-state index is 5.85. The van der Waals surface area contributed by atoms with Crippen molar-refractivity contribution in [2.75, 3.05) is 12.5 Å². The van der Waals surface area contributed by atoms with E-state index in [2.05, 4.69) is 37.3 Å². The predicted molar refractivity (Wildman–Crippen MR) is 92.8 cm³/mol. The Hall–Kier alpha value is -0.850. The van der Waals surface area contributed by atoms with Crippen molar-refractivity contribution in [1.29, 1.82) is 0 Å². The normalized spacial score (nSPS) is 14.7. The van der Waals surface area contributed by atoms with Crippen molar-refractivity contribution in [3.8, 4) is 5.75 Å². The van der Waals surface area contributed by atoms with E-state index < -0.39 is 0 Å². The van der Waals surface area contributed by atoms with Crippen LogP contribution in [0.3, 0.4) is 0 Å². The number of aryl methyl sites for hydroxylation is 1. The van der Waals surface area contributed by atoms with Crippen molar-refractivity contribution >= 4 is 48.5 Å². The molecule has 0 amide bonds. The summed E-state index contributed by atoms with van der Waals surface area (Å²) in [6.45, 7) is 0. The van der Waals surface area contributed by atoms with Crippen LogP contribution in [0, 0.1) is 0 Å². The van der Waals surface area contributed by atoms with E-state index in [4.69, 9.17) is 15.6 Å². The third kappa shape index (κ3) is 2.53. The van der Waals surface area contributed by atoms with Gasteiger partial charge in [0, 0.05) is 10.2 Å². The van der Waals surface area contributed by atoms with Crippen molar-refractivity contribution in [3.05, 3.63) is 26.3 Å². The molecule has 6 heteroatoms. The lowest BCUT2D eigenvalue weighted by molar-refractivity contribution is 0.417. The lowest BCUT2D eigenvalue weighted by Gasteiger charge is -2.18. The minimum Gasteiger partial charge on any atom is -0.495 e. The summed E-state index contributed by atoms with van der Waals surface area (Å²) in [7, 11) is 1.67. The number of benzene rings is 1. The number of halogens is 2. The lowest BCUT2D eigenvalue weighted by atomic mass is 10.0. The number of nitrogens with zero attached hydrogens (tertiary/aromatic N) is 1. The van der Waals surface area contributed by atoms with Crippen LogP contribution in [-0.2, 0) is 12.8 Å². The summed E-state index contributed by atoms with van der Waals surface area (Å²) in [5.74, 6) is 6.62. The average molecular weight is 415 g/mol. The number of hydrazine groups is 1. The first-order valence-electron chi connectivity index (χ1n) is 7.01. The summed E-state index contributed by atoms with van der Waals surface area (Å²) in [4.78, 5) is 4.89. The Balaban J connectivity index is 2.43. The van der Waals surface area contributed by atoms with Crippen LogP contribution in [-0.4, -0.2) is 12.1 Å². The Morgan fingerprint density at radius 3 is 2.67 bits per heavy atom. The van der Waals surface area contributed by atoms with E-state index in [0.29, 0.717) is 0 Å². The van der Waals surface area contributed by atoms with E-state index in [1.54, 1.807) is 7.11 Å². The number of rotatable bonds is 2. The minimum absolute atomic E-state index is 0.765. The number of nitrogen functional groups attached to an aromatic ring is 1. The fourth-order valence-electron chi connectivity index (χ4n) is 3.04. The smallest absolute Gasteiger partial charge is 0.144 e. The molecule has 0 spiro atoms. The second kappa shape index (κ2) is 6.10. The highest BCUT2D eigenvalue weighted by molar-refractivity contribution is 9.11. The van der Waals surface area contributed by atoms with Crippen LogP contribution in [0.4, 0.5) is 5.69 Å². The molecule has 1 aromatic carbocycles.